The molecule has 9 heteroatoms. The summed E-state index contributed by atoms with van der Waals surface area (Å²) < 4.78 is 43.6. The van der Waals surface area contributed by atoms with Crippen molar-refractivity contribution in [3.05, 3.63) is 75.4 Å². The molecule has 0 unspecified atom stereocenters. The fraction of sp³-hybridized carbons (Fsp3) is 0.240. The van der Waals surface area contributed by atoms with E-state index in [0.717, 1.165) is 48.8 Å². The molecule has 0 saturated heterocycles. The Labute approximate surface area is 199 Å². The maximum atomic E-state index is 14.9. The van der Waals surface area contributed by atoms with Gasteiger partial charge in [-0.15, -0.1) is 11.3 Å². The highest BCUT2D eigenvalue weighted by Crippen LogP contribution is 2.29. The average molecular weight is 489 g/mol. The number of amides is 1. The molecule has 1 amide bonds. The van der Waals surface area contributed by atoms with E-state index >= 15 is 0 Å². The molecular weight excluding hydrogens is 465 g/mol. The van der Waals surface area contributed by atoms with Gasteiger partial charge in [-0.1, -0.05) is 31.9 Å². The van der Waals surface area contributed by atoms with Crippen LogP contribution in [-0.2, 0) is 11.2 Å². The van der Waals surface area contributed by atoms with Crippen LogP contribution in [0.25, 0.3) is 17.3 Å². The van der Waals surface area contributed by atoms with Crippen LogP contribution in [-0.4, -0.2) is 22.0 Å². The molecule has 3 aromatic rings. The Morgan fingerprint density at radius 1 is 1.15 bits per heavy atom. The number of carboxylic acid groups (broad SMARTS) is 1. The third-order valence-corrected chi connectivity index (χ3v) is 5.93. The largest absolute Gasteiger partial charge is 0.478 e. The zero-order valence-electron chi connectivity index (χ0n) is 18.6. The molecule has 0 atom stereocenters. The molecule has 0 spiro atoms. The number of halogens is 3. The normalized spacial score (nSPS) is 11.5. The number of carbonyl (C=O) groups excluding carboxylic acids is 1. The second kappa shape index (κ2) is 11.1. The quantitative estimate of drug-likeness (QED) is 0.259. The molecule has 0 aliphatic heterocycles. The predicted octanol–water partition coefficient (Wildman–Crippen LogP) is 6.70. The van der Waals surface area contributed by atoms with Crippen LogP contribution < -0.4 is 5.32 Å². The average Bonchev–Trinajstić information content (AvgIpc) is 3.25. The highest BCUT2D eigenvalue weighted by atomic mass is 32.1. The Bertz CT molecular complexity index is 1230. The molecular formula is C25H23F3N2O3S. The van der Waals surface area contributed by atoms with Gasteiger partial charge in [-0.3, -0.25) is 10.1 Å². The van der Waals surface area contributed by atoms with Gasteiger partial charge < -0.3 is 5.11 Å². The zero-order valence-corrected chi connectivity index (χ0v) is 19.4. The van der Waals surface area contributed by atoms with E-state index in [4.69, 9.17) is 5.11 Å². The summed E-state index contributed by atoms with van der Waals surface area (Å²) >= 11 is 1.05. The number of anilines is 1. The van der Waals surface area contributed by atoms with Gasteiger partial charge in [0, 0.05) is 27.6 Å². The van der Waals surface area contributed by atoms with Gasteiger partial charge >= 0.3 is 5.97 Å². The lowest BCUT2D eigenvalue weighted by Gasteiger charge is -2.07. The molecule has 3 rings (SSSR count). The summed E-state index contributed by atoms with van der Waals surface area (Å²) in [6, 6.07) is 6.73. The summed E-state index contributed by atoms with van der Waals surface area (Å²) in [6.45, 7) is 3.28. The number of hydrogen-bond donors (Lipinski definition) is 2. The first kappa shape index (κ1) is 25.2. The third-order valence-electron chi connectivity index (χ3n) is 5.17. The highest BCUT2D eigenvalue weighted by molar-refractivity contribution is 7.14. The molecule has 1 aromatic heterocycles. The number of benzene rings is 2. The fourth-order valence-electron chi connectivity index (χ4n) is 3.29. The van der Waals surface area contributed by atoms with Gasteiger partial charge in [0.25, 0.3) is 5.91 Å². The van der Waals surface area contributed by atoms with E-state index in [9.17, 15) is 22.8 Å². The molecule has 0 fully saturated rings. The number of unbranched alkanes of at least 4 members (excludes halogenated alkanes) is 2. The first-order valence-corrected chi connectivity index (χ1v) is 11.5. The number of carboxylic acids is 1. The molecule has 178 valence electrons. The highest BCUT2D eigenvalue weighted by Gasteiger charge is 2.18. The van der Waals surface area contributed by atoms with Gasteiger partial charge in [0.15, 0.2) is 5.13 Å². The summed E-state index contributed by atoms with van der Waals surface area (Å²) in [6.07, 6.45) is 4.40. The Hall–Kier alpha value is -3.46. The number of nitrogens with one attached hydrogen (secondary N) is 1. The second-order valence-electron chi connectivity index (χ2n) is 7.71. The number of nitrogens with zero attached hydrogens (tertiary/aromatic N) is 1. The van der Waals surface area contributed by atoms with Gasteiger partial charge in [0.2, 0.25) is 0 Å². The van der Waals surface area contributed by atoms with Crippen molar-refractivity contribution in [2.75, 3.05) is 5.32 Å². The van der Waals surface area contributed by atoms with Crippen molar-refractivity contribution in [3.8, 4) is 11.3 Å². The number of aliphatic carboxylic acids is 1. The standard InChI is InChI=1S/C25H23F3N2O3S/c1-3-4-5-7-15-8-6-9-17(22(15)28)21-13-34-25(29-21)30-23(31)16-11-19(26)18(20(27)12-16)10-14(2)24(32)33/h6,8-13H,3-5,7H2,1-2H3,(H,32,33)(H,29,30,31). The third kappa shape index (κ3) is 5.91. The molecule has 0 radical (unpaired) electrons. The fourth-order valence-corrected chi connectivity index (χ4v) is 4.00. The minimum atomic E-state index is -1.32. The van der Waals surface area contributed by atoms with E-state index in [0.29, 0.717) is 23.2 Å². The first-order valence-electron chi connectivity index (χ1n) is 10.7. The van der Waals surface area contributed by atoms with Gasteiger partial charge in [-0.05, 0) is 49.6 Å². The smallest absolute Gasteiger partial charge is 0.331 e. The molecule has 0 saturated carbocycles. The van der Waals surface area contributed by atoms with Crippen LogP contribution in [0.5, 0.6) is 0 Å². The van der Waals surface area contributed by atoms with Crippen LogP contribution in [0, 0.1) is 17.5 Å². The minimum absolute atomic E-state index is 0.141. The van der Waals surface area contributed by atoms with Crippen LogP contribution in [0.4, 0.5) is 18.3 Å². The number of hydrogen-bond acceptors (Lipinski definition) is 4. The maximum Gasteiger partial charge on any atom is 0.331 e. The maximum absolute atomic E-state index is 14.9. The van der Waals surface area contributed by atoms with Gasteiger partial charge in [-0.25, -0.2) is 22.9 Å². The number of thiazole rings is 1. The van der Waals surface area contributed by atoms with Crippen molar-refractivity contribution in [1.82, 2.24) is 4.98 Å². The minimum Gasteiger partial charge on any atom is -0.478 e. The van der Waals surface area contributed by atoms with Crippen molar-refractivity contribution in [2.45, 2.75) is 39.5 Å². The number of carbonyl (C=O) groups is 2. The zero-order chi connectivity index (χ0) is 24.8. The van der Waals surface area contributed by atoms with Crippen LogP contribution in [0.3, 0.4) is 0 Å². The van der Waals surface area contributed by atoms with E-state index in [-0.39, 0.29) is 22.1 Å². The Morgan fingerprint density at radius 2 is 1.85 bits per heavy atom. The van der Waals surface area contributed by atoms with Crippen LogP contribution in [0.15, 0.2) is 41.3 Å². The summed E-state index contributed by atoms with van der Waals surface area (Å²) in [5, 5.41) is 13.1. The predicted molar refractivity (Wildman–Crippen MR) is 126 cm³/mol. The molecule has 2 aromatic carbocycles. The van der Waals surface area contributed by atoms with E-state index in [1.807, 2.05) is 0 Å². The van der Waals surface area contributed by atoms with Crippen molar-refractivity contribution in [1.29, 1.82) is 0 Å². The molecule has 0 bridgehead atoms. The lowest BCUT2D eigenvalue weighted by atomic mass is 10.0. The molecule has 34 heavy (non-hydrogen) atoms. The van der Waals surface area contributed by atoms with Crippen LogP contribution >= 0.6 is 11.3 Å². The summed E-state index contributed by atoms with van der Waals surface area (Å²) in [5.41, 5.74) is 0.142. The topological polar surface area (TPSA) is 79.3 Å². The van der Waals surface area contributed by atoms with Crippen molar-refractivity contribution >= 4 is 34.4 Å². The second-order valence-corrected chi connectivity index (χ2v) is 8.57. The SMILES string of the molecule is CCCCCc1cccc(-c2csc(NC(=O)c3cc(F)c(C=C(C)C(=O)O)c(F)c3)n2)c1F. The Kier molecular flexibility index (Phi) is 8.22. The summed E-state index contributed by atoms with van der Waals surface area (Å²) in [5.74, 6) is -4.63. The van der Waals surface area contributed by atoms with Crippen LogP contribution in [0.2, 0.25) is 0 Å². The monoisotopic (exact) mass is 488 g/mol. The van der Waals surface area contributed by atoms with Crippen molar-refractivity contribution in [3.63, 3.8) is 0 Å². The van der Waals surface area contributed by atoms with E-state index in [2.05, 4.69) is 17.2 Å². The molecule has 0 aliphatic carbocycles. The summed E-state index contributed by atoms with van der Waals surface area (Å²) in [7, 11) is 0. The number of rotatable bonds is 9. The van der Waals surface area contributed by atoms with Gasteiger partial charge in [-0.2, -0.15) is 0 Å². The lowest BCUT2D eigenvalue weighted by molar-refractivity contribution is -0.132. The Morgan fingerprint density at radius 3 is 2.50 bits per heavy atom. The Balaban J connectivity index is 1.78. The van der Waals surface area contributed by atoms with E-state index in [1.165, 1.54) is 6.92 Å². The summed E-state index contributed by atoms with van der Waals surface area (Å²) in [4.78, 5) is 27.7. The molecule has 2 N–H and O–H groups in total. The van der Waals surface area contributed by atoms with E-state index < -0.39 is 29.1 Å². The molecule has 0 aliphatic rings. The number of aryl methyl sites for hydroxylation is 1. The van der Waals surface area contributed by atoms with Crippen molar-refractivity contribution < 1.29 is 27.9 Å². The molecule has 5 nitrogen and oxygen atoms in total. The molecule has 1 heterocycles. The van der Waals surface area contributed by atoms with Crippen LogP contribution in [0.1, 0.15) is 54.6 Å². The van der Waals surface area contributed by atoms with Gasteiger partial charge in [0.1, 0.15) is 17.5 Å². The van der Waals surface area contributed by atoms with Crippen molar-refractivity contribution in [2.24, 2.45) is 0 Å². The number of aromatic nitrogens is 1. The van der Waals surface area contributed by atoms with Gasteiger partial charge in [0.05, 0.1) is 5.69 Å². The first-order chi connectivity index (χ1) is 16.2. The lowest BCUT2D eigenvalue weighted by Crippen LogP contribution is -2.13. The van der Waals surface area contributed by atoms with E-state index in [1.54, 1.807) is 23.6 Å².